The molecule has 146 valence electrons. The Morgan fingerprint density at radius 2 is 1.74 bits per heavy atom. The van der Waals surface area contributed by atoms with E-state index in [2.05, 4.69) is 73.0 Å². The zero-order valence-corrected chi connectivity index (χ0v) is 17.0. The van der Waals surface area contributed by atoms with Gasteiger partial charge in [-0.2, -0.15) is 0 Å². The maximum atomic E-state index is 5.57. The van der Waals surface area contributed by atoms with Gasteiger partial charge in [0.05, 0.1) is 7.11 Å². The summed E-state index contributed by atoms with van der Waals surface area (Å²) in [5.74, 6) is 1.49. The molecule has 0 aliphatic heterocycles. The summed E-state index contributed by atoms with van der Waals surface area (Å²) in [6, 6.07) is 18.3. The number of ether oxygens (including phenoxy) is 1. The minimum Gasteiger partial charge on any atom is -0.496 e. The SMILES string of the molecule is COc1ccc(C(C)C)cc1CNCC(NC1CCCC1)c1ccccc1. The molecule has 0 radical (unpaired) electrons. The highest BCUT2D eigenvalue weighted by Crippen LogP contribution is 2.25. The van der Waals surface area contributed by atoms with E-state index in [4.69, 9.17) is 4.74 Å². The van der Waals surface area contributed by atoms with E-state index in [9.17, 15) is 0 Å². The fourth-order valence-electron chi connectivity index (χ4n) is 3.98. The van der Waals surface area contributed by atoms with Gasteiger partial charge >= 0.3 is 0 Å². The fraction of sp³-hybridized carbons (Fsp3) is 0.500. The van der Waals surface area contributed by atoms with Gasteiger partial charge in [-0.1, -0.05) is 69.2 Å². The van der Waals surface area contributed by atoms with Crippen LogP contribution in [0.15, 0.2) is 48.5 Å². The molecule has 1 aliphatic carbocycles. The molecule has 0 bridgehead atoms. The van der Waals surface area contributed by atoms with Crippen molar-refractivity contribution in [3.05, 3.63) is 65.2 Å². The Bertz CT molecular complexity index is 693. The Balaban J connectivity index is 1.65. The van der Waals surface area contributed by atoms with Gasteiger partial charge in [0.25, 0.3) is 0 Å². The molecule has 1 fully saturated rings. The molecule has 2 aromatic rings. The van der Waals surface area contributed by atoms with Crippen molar-refractivity contribution in [2.24, 2.45) is 0 Å². The average molecular weight is 367 g/mol. The molecule has 3 nitrogen and oxygen atoms in total. The van der Waals surface area contributed by atoms with Crippen LogP contribution in [0, 0.1) is 0 Å². The average Bonchev–Trinajstić information content (AvgIpc) is 3.21. The van der Waals surface area contributed by atoms with Crippen molar-refractivity contribution < 1.29 is 4.74 Å². The molecular weight excluding hydrogens is 332 g/mol. The minimum absolute atomic E-state index is 0.341. The Morgan fingerprint density at radius 3 is 2.41 bits per heavy atom. The molecule has 3 rings (SSSR count). The molecule has 2 N–H and O–H groups in total. The highest BCUT2D eigenvalue weighted by atomic mass is 16.5. The molecule has 1 aliphatic rings. The summed E-state index contributed by atoms with van der Waals surface area (Å²) in [5.41, 5.74) is 3.95. The Labute approximate surface area is 164 Å². The maximum absolute atomic E-state index is 5.57. The molecular formula is C24H34N2O. The van der Waals surface area contributed by atoms with Crippen molar-refractivity contribution in [2.75, 3.05) is 13.7 Å². The first-order valence-corrected chi connectivity index (χ1v) is 10.4. The number of benzene rings is 2. The lowest BCUT2D eigenvalue weighted by Gasteiger charge is -2.24. The molecule has 0 amide bonds. The van der Waals surface area contributed by atoms with Gasteiger partial charge in [0.2, 0.25) is 0 Å². The number of rotatable bonds is 9. The summed E-state index contributed by atoms with van der Waals surface area (Å²) in [6.45, 7) is 6.20. The molecule has 1 unspecified atom stereocenters. The van der Waals surface area contributed by atoms with Crippen LogP contribution in [0.1, 0.15) is 68.2 Å². The van der Waals surface area contributed by atoms with E-state index in [1.165, 1.54) is 42.4 Å². The van der Waals surface area contributed by atoms with E-state index < -0.39 is 0 Å². The van der Waals surface area contributed by atoms with E-state index in [1.807, 2.05) is 0 Å². The topological polar surface area (TPSA) is 33.3 Å². The Morgan fingerprint density at radius 1 is 1.00 bits per heavy atom. The quantitative estimate of drug-likeness (QED) is 0.641. The molecule has 2 aromatic carbocycles. The lowest BCUT2D eigenvalue weighted by Crippen LogP contribution is -2.37. The van der Waals surface area contributed by atoms with E-state index >= 15 is 0 Å². The summed E-state index contributed by atoms with van der Waals surface area (Å²) in [6.07, 6.45) is 5.30. The van der Waals surface area contributed by atoms with Crippen molar-refractivity contribution in [1.82, 2.24) is 10.6 Å². The van der Waals surface area contributed by atoms with Gasteiger partial charge < -0.3 is 15.4 Å². The standard InChI is InChI=1S/C24H34N2O/c1-18(2)20-13-14-24(27-3)21(15-20)16-25-17-23(19-9-5-4-6-10-19)26-22-11-7-8-12-22/h4-6,9-10,13-15,18,22-23,25-26H,7-8,11-12,16-17H2,1-3H3. The van der Waals surface area contributed by atoms with Crippen LogP contribution in [-0.4, -0.2) is 19.7 Å². The van der Waals surface area contributed by atoms with E-state index in [0.29, 0.717) is 18.0 Å². The molecule has 0 heterocycles. The molecule has 1 saturated carbocycles. The largest absolute Gasteiger partial charge is 0.496 e. The number of nitrogens with one attached hydrogen (secondary N) is 2. The van der Waals surface area contributed by atoms with Crippen LogP contribution < -0.4 is 15.4 Å². The number of hydrogen-bond donors (Lipinski definition) is 2. The molecule has 1 atom stereocenters. The van der Waals surface area contributed by atoms with Gasteiger partial charge in [0, 0.05) is 30.7 Å². The minimum atomic E-state index is 0.341. The molecule has 0 aromatic heterocycles. The van der Waals surface area contributed by atoms with Crippen molar-refractivity contribution in [3.8, 4) is 5.75 Å². The second-order valence-electron chi connectivity index (χ2n) is 7.97. The van der Waals surface area contributed by atoms with Crippen LogP contribution >= 0.6 is 0 Å². The van der Waals surface area contributed by atoms with Crippen molar-refractivity contribution in [3.63, 3.8) is 0 Å². The van der Waals surface area contributed by atoms with E-state index in [0.717, 1.165) is 18.8 Å². The van der Waals surface area contributed by atoms with Crippen LogP contribution in [0.4, 0.5) is 0 Å². The third kappa shape index (κ3) is 5.57. The maximum Gasteiger partial charge on any atom is 0.123 e. The zero-order valence-electron chi connectivity index (χ0n) is 17.0. The summed E-state index contributed by atoms with van der Waals surface area (Å²) >= 11 is 0. The molecule has 27 heavy (non-hydrogen) atoms. The van der Waals surface area contributed by atoms with E-state index in [-0.39, 0.29) is 0 Å². The summed E-state index contributed by atoms with van der Waals surface area (Å²) in [7, 11) is 1.75. The first kappa shape index (κ1) is 19.9. The molecule has 3 heteroatoms. The van der Waals surface area contributed by atoms with Gasteiger partial charge in [0.1, 0.15) is 5.75 Å². The van der Waals surface area contributed by atoms with Crippen molar-refractivity contribution in [1.29, 1.82) is 0 Å². The van der Waals surface area contributed by atoms with Crippen LogP contribution in [-0.2, 0) is 6.54 Å². The Hall–Kier alpha value is -1.84. The Kier molecular flexibility index (Phi) is 7.31. The first-order chi connectivity index (χ1) is 13.2. The number of hydrogen-bond acceptors (Lipinski definition) is 3. The number of methoxy groups -OCH3 is 1. The van der Waals surface area contributed by atoms with Crippen LogP contribution in [0.3, 0.4) is 0 Å². The zero-order chi connectivity index (χ0) is 19.1. The molecule has 0 spiro atoms. The third-order valence-corrected chi connectivity index (χ3v) is 5.63. The van der Waals surface area contributed by atoms with Gasteiger partial charge in [-0.25, -0.2) is 0 Å². The second kappa shape index (κ2) is 9.91. The second-order valence-corrected chi connectivity index (χ2v) is 7.97. The van der Waals surface area contributed by atoms with Gasteiger partial charge in [-0.3, -0.25) is 0 Å². The van der Waals surface area contributed by atoms with Gasteiger partial charge in [-0.05, 0) is 36.0 Å². The normalized spacial score (nSPS) is 16.0. The predicted molar refractivity (Wildman–Crippen MR) is 113 cm³/mol. The third-order valence-electron chi connectivity index (χ3n) is 5.63. The van der Waals surface area contributed by atoms with Crippen molar-refractivity contribution in [2.45, 2.75) is 64.1 Å². The fourth-order valence-corrected chi connectivity index (χ4v) is 3.98. The monoisotopic (exact) mass is 366 g/mol. The predicted octanol–water partition coefficient (Wildman–Crippen LogP) is 5.18. The van der Waals surface area contributed by atoms with Crippen LogP contribution in [0.5, 0.6) is 5.75 Å². The van der Waals surface area contributed by atoms with Gasteiger partial charge in [-0.15, -0.1) is 0 Å². The smallest absolute Gasteiger partial charge is 0.123 e. The highest BCUT2D eigenvalue weighted by Gasteiger charge is 2.20. The summed E-state index contributed by atoms with van der Waals surface area (Å²) in [5, 5.41) is 7.56. The molecule has 0 saturated heterocycles. The van der Waals surface area contributed by atoms with Crippen LogP contribution in [0.2, 0.25) is 0 Å². The van der Waals surface area contributed by atoms with Gasteiger partial charge in [0.15, 0.2) is 0 Å². The lowest BCUT2D eigenvalue weighted by molar-refractivity contribution is 0.399. The highest BCUT2D eigenvalue weighted by molar-refractivity contribution is 5.38. The van der Waals surface area contributed by atoms with Crippen molar-refractivity contribution >= 4 is 0 Å². The summed E-state index contributed by atoms with van der Waals surface area (Å²) < 4.78 is 5.57. The van der Waals surface area contributed by atoms with Crippen LogP contribution in [0.25, 0.3) is 0 Å². The van der Waals surface area contributed by atoms with E-state index in [1.54, 1.807) is 7.11 Å². The lowest BCUT2D eigenvalue weighted by atomic mass is 10.00. The first-order valence-electron chi connectivity index (χ1n) is 10.4. The summed E-state index contributed by atoms with van der Waals surface area (Å²) in [4.78, 5) is 0.